The van der Waals surface area contributed by atoms with Crippen LogP contribution >= 0.6 is 0 Å². The highest BCUT2D eigenvalue weighted by atomic mass is 15.2. The van der Waals surface area contributed by atoms with Gasteiger partial charge in [0.25, 0.3) is 0 Å². The van der Waals surface area contributed by atoms with Crippen LogP contribution in [0.25, 0.3) is 78.4 Å². The molecule has 0 radical (unpaired) electrons. The molecule has 3 heteroatoms. The molecule has 12 rings (SSSR count). The zero-order valence-electron chi connectivity index (χ0n) is 37.9. The van der Waals surface area contributed by atoms with Crippen molar-refractivity contribution in [3.8, 4) is 78.4 Å². The standard InChI is InChI=1S/C61H45N3.C2H6/c1-61(2)54-29-13-11-27-50(54)51-33-32-45(37-55(51)61)49-26-10-9-25-48(49)44-22-15-21-42(35-44)43-31-34-53-52-28-12-14-30-58(52)64(59(53)38-43)47-24-16-23-46(36-47)60-62-56(40-17-5-3-6-18-40)39-57(63-60)41-19-7-4-8-20-41;1-2/h3-27,29-39,52H,28H2,1-2H3;1-2H3. The Hall–Kier alpha value is -7.88. The summed E-state index contributed by atoms with van der Waals surface area (Å²) in [5.74, 6) is 0.985. The molecule has 8 aromatic carbocycles. The molecule has 1 aromatic heterocycles. The second kappa shape index (κ2) is 16.9. The van der Waals surface area contributed by atoms with Gasteiger partial charge in [0.2, 0.25) is 0 Å². The van der Waals surface area contributed by atoms with E-state index in [9.17, 15) is 0 Å². The Balaban J connectivity index is 0.00000238. The van der Waals surface area contributed by atoms with Gasteiger partial charge in [0, 0.05) is 39.4 Å². The van der Waals surface area contributed by atoms with Crippen LogP contribution in [-0.4, -0.2) is 9.97 Å². The molecule has 0 fully saturated rings. The smallest absolute Gasteiger partial charge is 0.160 e. The second-order valence-corrected chi connectivity index (χ2v) is 17.7. The molecule has 9 aromatic rings. The van der Waals surface area contributed by atoms with Gasteiger partial charge < -0.3 is 4.90 Å². The molecule has 0 saturated carbocycles. The molecule has 0 bridgehead atoms. The zero-order valence-corrected chi connectivity index (χ0v) is 37.9. The number of rotatable bonds is 7. The monoisotopic (exact) mass is 849 g/mol. The summed E-state index contributed by atoms with van der Waals surface area (Å²) in [6, 6.07) is 72.6. The van der Waals surface area contributed by atoms with Gasteiger partial charge in [-0.1, -0.05) is 204 Å². The van der Waals surface area contributed by atoms with Crippen LogP contribution < -0.4 is 4.90 Å². The van der Waals surface area contributed by atoms with Crippen LogP contribution in [0.1, 0.15) is 56.7 Å². The third kappa shape index (κ3) is 7.09. The molecule has 0 amide bonds. The van der Waals surface area contributed by atoms with Crippen molar-refractivity contribution in [1.82, 2.24) is 9.97 Å². The fourth-order valence-electron chi connectivity index (χ4n) is 10.4. The third-order valence-corrected chi connectivity index (χ3v) is 13.6. The van der Waals surface area contributed by atoms with Gasteiger partial charge >= 0.3 is 0 Å². The van der Waals surface area contributed by atoms with Crippen molar-refractivity contribution in [2.75, 3.05) is 4.90 Å². The number of hydrogen-bond donors (Lipinski definition) is 0. The van der Waals surface area contributed by atoms with E-state index in [0.29, 0.717) is 5.82 Å². The van der Waals surface area contributed by atoms with Gasteiger partial charge in [-0.05, 0) is 110 Å². The van der Waals surface area contributed by atoms with Crippen LogP contribution in [0.15, 0.2) is 224 Å². The van der Waals surface area contributed by atoms with Gasteiger partial charge in [0.1, 0.15) is 0 Å². The normalized spacial score (nSPS) is 14.9. The highest BCUT2D eigenvalue weighted by molar-refractivity contribution is 5.90. The first-order chi connectivity index (χ1) is 32.5. The molecule has 2 heterocycles. The predicted octanol–water partition coefficient (Wildman–Crippen LogP) is 16.9. The summed E-state index contributed by atoms with van der Waals surface area (Å²) < 4.78 is 0. The largest absolute Gasteiger partial charge is 0.313 e. The Morgan fingerprint density at radius 1 is 0.455 bits per heavy atom. The molecule has 318 valence electrons. The van der Waals surface area contributed by atoms with Crippen molar-refractivity contribution < 1.29 is 0 Å². The lowest BCUT2D eigenvalue weighted by molar-refractivity contribution is 0.660. The van der Waals surface area contributed by atoms with Gasteiger partial charge in [-0.2, -0.15) is 0 Å². The third-order valence-electron chi connectivity index (χ3n) is 13.6. The Morgan fingerprint density at radius 3 is 1.74 bits per heavy atom. The molecule has 0 N–H and O–H groups in total. The van der Waals surface area contributed by atoms with Crippen LogP contribution in [0.5, 0.6) is 0 Å². The van der Waals surface area contributed by atoms with Gasteiger partial charge in [0.15, 0.2) is 5.82 Å². The molecule has 2 aliphatic carbocycles. The average Bonchev–Trinajstić information content (AvgIpc) is 3.84. The molecule has 0 saturated heterocycles. The molecule has 1 unspecified atom stereocenters. The Kier molecular flexibility index (Phi) is 10.5. The maximum absolute atomic E-state index is 5.18. The molecular weight excluding hydrogens is 799 g/mol. The van der Waals surface area contributed by atoms with Crippen LogP contribution in [0.2, 0.25) is 0 Å². The summed E-state index contributed by atoms with van der Waals surface area (Å²) in [6.07, 6.45) is 7.75. The Morgan fingerprint density at radius 2 is 1.02 bits per heavy atom. The number of fused-ring (bicyclic) bond motifs is 6. The number of nitrogens with zero attached hydrogens (tertiary/aromatic N) is 3. The van der Waals surface area contributed by atoms with Crippen molar-refractivity contribution in [1.29, 1.82) is 0 Å². The van der Waals surface area contributed by atoms with Crippen molar-refractivity contribution in [3.05, 3.63) is 241 Å². The van der Waals surface area contributed by atoms with E-state index in [1.165, 1.54) is 72.6 Å². The number of aromatic nitrogens is 2. The maximum atomic E-state index is 5.18. The lowest BCUT2D eigenvalue weighted by Crippen LogP contribution is -2.14. The van der Waals surface area contributed by atoms with Crippen molar-refractivity contribution >= 4 is 11.4 Å². The summed E-state index contributed by atoms with van der Waals surface area (Å²) in [5, 5.41) is 0. The average molecular weight is 850 g/mol. The van der Waals surface area contributed by atoms with E-state index in [2.05, 4.69) is 225 Å². The van der Waals surface area contributed by atoms with Crippen molar-refractivity contribution in [2.24, 2.45) is 0 Å². The summed E-state index contributed by atoms with van der Waals surface area (Å²) >= 11 is 0. The van der Waals surface area contributed by atoms with E-state index in [1.807, 2.05) is 26.0 Å². The minimum absolute atomic E-state index is 0.0592. The van der Waals surface area contributed by atoms with Crippen LogP contribution in [0.4, 0.5) is 11.4 Å². The van der Waals surface area contributed by atoms with E-state index < -0.39 is 0 Å². The lowest BCUT2D eigenvalue weighted by Gasteiger charge is -2.25. The number of allylic oxidation sites excluding steroid dienone is 4. The van der Waals surface area contributed by atoms with E-state index >= 15 is 0 Å². The first-order valence-corrected chi connectivity index (χ1v) is 23.3. The predicted molar refractivity (Wildman–Crippen MR) is 277 cm³/mol. The molecule has 1 atom stereocenters. The van der Waals surface area contributed by atoms with Gasteiger partial charge in [-0.15, -0.1) is 0 Å². The van der Waals surface area contributed by atoms with E-state index in [1.54, 1.807) is 0 Å². The summed E-state index contributed by atoms with van der Waals surface area (Å²) in [5.41, 5.74) is 22.6. The number of benzene rings is 8. The number of hydrogen-bond acceptors (Lipinski definition) is 3. The van der Waals surface area contributed by atoms with Gasteiger partial charge in [-0.3, -0.25) is 0 Å². The SMILES string of the molecule is CC.CC1(C)c2ccccc2-c2ccc(-c3ccccc3-c3cccc(-c4ccc5c(c4)N(c4cccc(-c6nc(-c7ccccc7)cc(-c7ccccc7)n6)c4)C4=CC=CCC45)c3)cc21. The maximum Gasteiger partial charge on any atom is 0.160 e. The highest BCUT2D eigenvalue weighted by Gasteiger charge is 2.36. The Bertz CT molecular complexity index is 3280. The minimum atomic E-state index is -0.0592. The fraction of sp³-hybridized carbons (Fsp3) is 0.111. The zero-order chi connectivity index (χ0) is 44.8. The summed E-state index contributed by atoms with van der Waals surface area (Å²) in [7, 11) is 0. The molecule has 1 aliphatic heterocycles. The fourth-order valence-corrected chi connectivity index (χ4v) is 10.4. The summed E-state index contributed by atoms with van der Waals surface area (Å²) in [4.78, 5) is 12.8. The molecule has 3 aliphatic rings. The van der Waals surface area contributed by atoms with Crippen LogP contribution in [0, 0.1) is 0 Å². The molecular formula is C63H51N3. The molecule has 3 nitrogen and oxygen atoms in total. The first-order valence-electron chi connectivity index (χ1n) is 23.3. The van der Waals surface area contributed by atoms with Crippen LogP contribution in [0.3, 0.4) is 0 Å². The lowest BCUT2D eigenvalue weighted by atomic mass is 9.81. The second-order valence-electron chi connectivity index (χ2n) is 17.7. The van der Waals surface area contributed by atoms with E-state index in [0.717, 1.165) is 40.2 Å². The minimum Gasteiger partial charge on any atom is -0.313 e. The quantitative estimate of drug-likeness (QED) is 0.160. The van der Waals surface area contributed by atoms with Gasteiger partial charge in [0.05, 0.1) is 17.1 Å². The highest BCUT2D eigenvalue weighted by Crippen LogP contribution is 2.53. The van der Waals surface area contributed by atoms with Crippen molar-refractivity contribution in [3.63, 3.8) is 0 Å². The van der Waals surface area contributed by atoms with E-state index in [-0.39, 0.29) is 11.3 Å². The van der Waals surface area contributed by atoms with Crippen LogP contribution in [-0.2, 0) is 5.41 Å². The van der Waals surface area contributed by atoms with Crippen molar-refractivity contribution in [2.45, 2.75) is 45.4 Å². The molecule has 0 spiro atoms. The molecule has 66 heavy (non-hydrogen) atoms. The topological polar surface area (TPSA) is 29.0 Å². The first kappa shape index (κ1) is 40.9. The van der Waals surface area contributed by atoms with Gasteiger partial charge in [-0.25, -0.2) is 9.97 Å². The summed E-state index contributed by atoms with van der Waals surface area (Å²) in [6.45, 7) is 8.71. The Labute approximate surface area is 389 Å². The van der Waals surface area contributed by atoms with E-state index in [4.69, 9.17) is 9.97 Å². The number of anilines is 2.